The summed E-state index contributed by atoms with van der Waals surface area (Å²) in [6, 6.07) is 3.91. The van der Waals surface area contributed by atoms with Crippen LogP contribution >= 0.6 is 11.3 Å². The fourth-order valence-electron chi connectivity index (χ4n) is 1.12. The maximum absolute atomic E-state index is 11.2. The summed E-state index contributed by atoms with van der Waals surface area (Å²) in [5.74, 6) is 0.672. The Kier molecular flexibility index (Phi) is 3.43. The minimum atomic E-state index is 0.0278. The lowest BCUT2D eigenvalue weighted by Gasteiger charge is -1.99. The minimum Gasteiger partial charge on any atom is -0.288 e. The van der Waals surface area contributed by atoms with E-state index >= 15 is 0 Å². The highest BCUT2D eigenvalue weighted by Gasteiger charge is 2.06. The lowest BCUT2D eigenvalue weighted by Crippen LogP contribution is -1.90. The third-order valence-electron chi connectivity index (χ3n) is 1.70. The summed E-state index contributed by atoms with van der Waals surface area (Å²) in [6.45, 7) is 7.81. The van der Waals surface area contributed by atoms with E-state index in [0.717, 1.165) is 11.3 Å². The number of rotatable bonds is 4. The van der Waals surface area contributed by atoms with Crippen LogP contribution in [0.25, 0.3) is 0 Å². The average molecular weight is 194 g/mol. The highest BCUT2D eigenvalue weighted by molar-refractivity contribution is 7.14. The largest absolute Gasteiger partial charge is 0.288 e. The number of hydrogen-bond acceptors (Lipinski definition) is 2. The van der Waals surface area contributed by atoms with Crippen LogP contribution in [-0.2, 0) is 6.42 Å². The number of hydrogen-bond donors (Lipinski definition) is 0. The molecule has 1 rings (SSSR count). The van der Waals surface area contributed by atoms with Gasteiger partial charge in [-0.2, -0.15) is 0 Å². The molecule has 0 radical (unpaired) electrons. The van der Waals surface area contributed by atoms with E-state index in [1.807, 2.05) is 12.1 Å². The van der Waals surface area contributed by atoms with Crippen LogP contribution in [0.3, 0.4) is 0 Å². The summed E-state index contributed by atoms with van der Waals surface area (Å²) in [4.78, 5) is 13.3. The van der Waals surface area contributed by atoms with E-state index in [1.54, 1.807) is 11.3 Å². The predicted molar refractivity (Wildman–Crippen MR) is 57.4 cm³/mol. The van der Waals surface area contributed by atoms with Gasteiger partial charge < -0.3 is 0 Å². The first-order chi connectivity index (χ1) is 6.13. The number of carbonyl (C=O) groups excluding carboxylic acids is 1. The molecular formula is C11H14OS. The maximum atomic E-state index is 11.2. The number of thiophene rings is 1. The Balaban J connectivity index is 2.74. The Morgan fingerprint density at radius 3 is 2.85 bits per heavy atom. The zero-order chi connectivity index (χ0) is 9.84. The lowest BCUT2D eigenvalue weighted by molar-refractivity contribution is 0.105. The molecule has 0 aliphatic carbocycles. The molecule has 0 bridgehead atoms. The minimum absolute atomic E-state index is 0.0278. The Morgan fingerprint density at radius 2 is 2.31 bits per heavy atom. The van der Waals surface area contributed by atoms with Gasteiger partial charge in [0.2, 0.25) is 0 Å². The molecule has 0 amide bonds. The van der Waals surface area contributed by atoms with Crippen molar-refractivity contribution in [1.29, 1.82) is 0 Å². The van der Waals surface area contributed by atoms with Gasteiger partial charge in [-0.05, 0) is 30.5 Å². The molecule has 0 N–H and O–H groups in total. The SMILES string of the molecule is C=CC(=O)c1ccc(CC(C)C)s1. The Morgan fingerprint density at radius 1 is 1.62 bits per heavy atom. The van der Waals surface area contributed by atoms with Crippen LogP contribution in [-0.4, -0.2) is 5.78 Å². The van der Waals surface area contributed by atoms with Crippen molar-refractivity contribution in [2.75, 3.05) is 0 Å². The lowest BCUT2D eigenvalue weighted by atomic mass is 10.1. The van der Waals surface area contributed by atoms with Gasteiger partial charge in [0.05, 0.1) is 4.88 Å². The first kappa shape index (κ1) is 10.2. The first-order valence-electron chi connectivity index (χ1n) is 4.39. The van der Waals surface area contributed by atoms with Gasteiger partial charge in [0.25, 0.3) is 0 Å². The van der Waals surface area contributed by atoms with Crippen molar-refractivity contribution >= 4 is 17.1 Å². The van der Waals surface area contributed by atoms with Crippen LogP contribution in [0.4, 0.5) is 0 Å². The average Bonchev–Trinajstić information content (AvgIpc) is 2.50. The molecular weight excluding hydrogens is 180 g/mol. The highest BCUT2D eigenvalue weighted by Crippen LogP contribution is 2.20. The summed E-state index contributed by atoms with van der Waals surface area (Å²) >= 11 is 1.57. The number of allylic oxidation sites excluding steroid dienone is 1. The van der Waals surface area contributed by atoms with E-state index in [9.17, 15) is 4.79 Å². The molecule has 70 valence electrons. The Labute approximate surface area is 83.1 Å². The molecule has 2 heteroatoms. The fourth-order valence-corrected chi connectivity index (χ4v) is 2.28. The molecule has 0 atom stereocenters. The summed E-state index contributed by atoms with van der Waals surface area (Å²) in [5, 5.41) is 0. The smallest absolute Gasteiger partial charge is 0.195 e. The van der Waals surface area contributed by atoms with Crippen LogP contribution in [0.2, 0.25) is 0 Å². The van der Waals surface area contributed by atoms with Crippen molar-refractivity contribution in [3.8, 4) is 0 Å². The standard InChI is InChI=1S/C11H14OS/c1-4-10(12)11-6-5-9(13-11)7-8(2)3/h4-6,8H,1,7H2,2-3H3. The summed E-state index contributed by atoms with van der Waals surface area (Å²) in [5.41, 5.74) is 0. The quantitative estimate of drug-likeness (QED) is 0.531. The number of ketones is 1. The molecule has 0 saturated heterocycles. The van der Waals surface area contributed by atoms with Gasteiger partial charge in [0, 0.05) is 4.88 Å². The summed E-state index contributed by atoms with van der Waals surface area (Å²) in [6.07, 6.45) is 2.42. The molecule has 1 aromatic heterocycles. The monoisotopic (exact) mass is 194 g/mol. The van der Waals surface area contributed by atoms with Gasteiger partial charge in [-0.15, -0.1) is 11.3 Å². The molecule has 13 heavy (non-hydrogen) atoms. The number of carbonyl (C=O) groups is 1. The van der Waals surface area contributed by atoms with Crippen molar-refractivity contribution in [2.24, 2.45) is 5.92 Å². The Hall–Kier alpha value is -0.890. The van der Waals surface area contributed by atoms with Crippen molar-refractivity contribution < 1.29 is 4.79 Å². The highest BCUT2D eigenvalue weighted by atomic mass is 32.1. The van der Waals surface area contributed by atoms with Crippen LogP contribution in [0.5, 0.6) is 0 Å². The zero-order valence-corrected chi connectivity index (χ0v) is 8.86. The molecule has 0 unspecified atom stereocenters. The predicted octanol–water partition coefficient (Wildman–Crippen LogP) is 3.32. The van der Waals surface area contributed by atoms with Gasteiger partial charge in [0.1, 0.15) is 0 Å². The molecule has 1 aromatic rings. The molecule has 0 saturated carbocycles. The Bertz CT molecular complexity index is 310. The van der Waals surface area contributed by atoms with E-state index in [2.05, 4.69) is 20.4 Å². The second kappa shape index (κ2) is 4.38. The van der Waals surface area contributed by atoms with Crippen molar-refractivity contribution in [3.05, 3.63) is 34.5 Å². The topological polar surface area (TPSA) is 17.1 Å². The van der Waals surface area contributed by atoms with E-state index < -0.39 is 0 Å². The van der Waals surface area contributed by atoms with E-state index in [1.165, 1.54) is 11.0 Å². The van der Waals surface area contributed by atoms with Crippen LogP contribution in [0, 0.1) is 5.92 Å². The summed E-state index contributed by atoms with van der Waals surface area (Å²) in [7, 11) is 0. The van der Waals surface area contributed by atoms with Crippen LogP contribution < -0.4 is 0 Å². The third-order valence-corrected chi connectivity index (χ3v) is 2.82. The van der Waals surface area contributed by atoms with Gasteiger partial charge in [-0.3, -0.25) is 4.79 Å². The van der Waals surface area contributed by atoms with Gasteiger partial charge in [-0.25, -0.2) is 0 Å². The molecule has 0 aliphatic heterocycles. The normalized spacial score (nSPS) is 10.4. The summed E-state index contributed by atoms with van der Waals surface area (Å²) < 4.78 is 0. The van der Waals surface area contributed by atoms with E-state index in [0.29, 0.717) is 5.92 Å². The van der Waals surface area contributed by atoms with E-state index in [-0.39, 0.29) is 5.78 Å². The molecule has 0 spiro atoms. The van der Waals surface area contributed by atoms with Crippen LogP contribution in [0.15, 0.2) is 24.8 Å². The fraction of sp³-hybridized carbons (Fsp3) is 0.364. The van der Waals surface area contributed by atoms with E-state index in [4.69, 9.17) is 0 Å². The van der Waals surface area contributed by atoms with Crippen molar-refractivity contribution in [2.45, 2.75) is 20.3 Å². The molecule has 1 nitrogen and oxygen atoms in total. The van der Waals surface area contributed by atoms with Crippen LogP contribution in [0.1, 0.15) is 28.4 Å². The maximum Gasteiger partial charge on any atom is 0.195 e. The zero-order valence-electron chi connectivity index (χ0n) is 8.04. The molecule has 0 fully saturated rings. The van der Waals surface area contributed by atoms with Gasteiger partial charge >= 0.3 is 0 Å². The molecule has 0 aromatic carbocycles. The van der Waals surface area contributed by atoms with Gasteiger partial charge in [-0.1, -0.05) is 20.4 Å². The molecule has 0 aliphatic rings. The second-order valence-corrected chi connectivity index (χ2v) is 4.60. The molecule has 1 heterocycles. The second-order valence-electron chi connectivity index (χ2n) is 3.43. The third kappa shape index (κ3) is 2.81. The first-order valence-corrected chi connectivity index (χ1v) is 5.20. The van der Waals surface area contributed by atoms with Gasteiger partial charge in [0.15, 0.2) is 5.78 Å². The van der Waals surface area contributed by atoms with Crippen molar-refractivity contribution in [1.82, 2.24) is 0 Å². The van der Waals surface area contributed by atoms with Crippen molar-refractivity contribution in [3.63, 3.8) is 0 Å².